The molecule has 4 nitrogen and oxygen atoms in total. The Morgan fingerprint density at radius 2 is 2.11 bits per heavy atom. The van der Waals surface area contributed by atoms with Gasteiger partial charge in [-0.05, 0) is 36.9 Å². The van der Waals surface area contributed by atoms with Gasteiger partial charge in [0.2, 0.25) is 0 Å². The van der Waals surface area contributed by atoms with Gasteiger partial charge in [-0.2, -0.15) is 13.2 Å². The molecule has 2 atom stereocenters. The monoisotopic (exact) mass is 274 g/mol. The van der Waals surface area contributed by atoms with Crippen molar-refractivity contribution in [2.24, 2.45) is 17.6 Å². The molecule has 0 aromatic carbocycles. The van der Waals surface area contributed by atoms with Gasteiger partial charge in [0.1, 0.15) is 0 Å². The summed E-state index contributed by atoms with van der Waals surface area (Å²) in [6.45, 7) is 4.22. The Morgan fingerprint density at radius 3 is 2.63 bits per heavy atom. The van der Waals surface area contributed by atoms with Gasteiger partial charge in [-0.1, -0.05) is 6.92 Å². The summed E-state index contributed by atoms with van der Waals surface area (Å²) in [7, 11) is 0. The van der Waals surface area contributed by atoms with Crippen LogP contribution in [0.25, 0.3) is 0 Å². The van der Waals surface area contributed by atoms with Crippen molar-refractivity contribution in [2.45, 2.75) is 19.5 Å². The minimum atomic E-state index is -4.44. The Hall–Kier alpha value is -1.37. The van der Waals surface area contributed by atoms with Crippen LogP contribution in [0, 0.1) is 11.8 Å². The molecule has 2 heterocycles. The van der Waals surface area contributed by atoms with Crippen molar-refractivity contribution in [1.29, 1.82) is 0 Å². The molecule has 0 amide bonds. The van der Waals surface area contributed by atoms with Gasteiger partial charge >= 0.3 is 6.18 Å². The lowest BCUT2D eigenvalue weighted by Gasteiger charge is -2.37. The third-order valence-corrected chi connectivity index (χ3v) is 3.68. The number of anilines is 1. The number of rotatable bonds is 2. The Labute approximate surface area is 109 Å². The summed E-state index contributed by atoms with van der Waals surface area (Å²) in [4.78, 5) is 1.95. The van der Waals surface area contributed by atoms with Crippen LogP contribution >= 0.6 is 0 Å². The molecular weight excluding hydrogens is 257 g/mol. The molecule has 7 heteroatoms. The van der Waals surface area contributed by atoms with Gasteiger partial charge in [-0.3, -0.25) is 0 Å². The number of alkyl halides is 3. The molecule has 0 bridgehead atoms. The number of nitrogens with two attached hydrogens (primary N) is 1. The van der Waals surface area contributed by atoms with Crippen LogP contribution in [0.4, 0.5) is 19.0 Å². The zero-order valence-corrected chi connectivity index (χ0v) is 10.7. The molecule has 1 aliphatic heterocycles. The third kappa shape index (κ3) is 3.15. The maximum Gasteiger partial charge on any atom is 0.435 e. The summed E-state index contributed by atoms with van der Waals surface area (Å²) in [5.41, 5.74) is 4.74. The quantitative estimate of drug-likeness (QED) is 0.895. The van der Waals surface area contributed by atoms with Gasteiger partial charge in [0.25, 0.3) is 0 Å². The van der Waals surface area contributed by atoms with E-state index >= 15 is 0 Å². The molecule has 0 saturated carbocycles. The lowest BCUT2D eigenvalue weighted by molar-refractivity contribution is -0.141. The van der Waals surface area contributed by atoms with E-state index in [2.05, 4.69) is 17.1 Å². The van der Waals surface area contributed by atoms with Gasteiger partial charge in [-0.15, -0.1) is 10.2 Å². The first-order valence-electron chi connectivity index (χ1n) is 6.27. The molecule has 0 spiro atoms. The van der Waals surface area contributed by atoms with Crippen molar-refractivity contribution in [1.82, 2.24) is 10.2 Å². The van der Waals surface area contributed by atoms with E-state index < -0.39 is 11.9 Å². The third-order valence-electron chi connectivity index (χ3n) is 3.68. The molecule has 106 valence electrons. The molecule has 19 heavy (non-hydrogen) atoms. The Balaban J connectivity index is 2.10. The summed E-state index contributed by atoms with van der Waals surface area (Å²) < 4.78 is 37.2. The lowest BCUT2D eigenvalue weighted by Crippen LogP contribution is -2.43. The van der Waals surface area contributed by atoms with Crippen molar-refractivity contribution in [3.8, 4) is 0 Å². The van der Waals surface area contributed by atoms with Crippen LogP contribution in [0.5, 0.6) is 0 Å². The average Bonchev–Trinajstić information content (AvgIpc) is 2.38. The van der Waals surface area contributed by atoms with E-state index in [-0.39, 0.29) is 0 Å². The summed E-state index contributed by atoms with van der Waals surface area (Å²) in [6.07, 6.45) is -3.48. The van der Waals surface area contributed by atoms with Crippen LogP contribution in [0.15, 0.2) is 12.1 Å². The van der Waals surface area contributed by atoms with E-state index in [4.69, 9.17) is 5.73 Å². The first-order chi connectivity index (χ1) is 8.91. The molecule has 2 unspecified atom stereocenters. The van der Waals surface area contributed by atoms with Gasteiger partial charge < -0.3 is 10.6 Å². The fraction of sp³-hybridized carbons (Fsp3) is 0.667. The van der Waals surface area contributed by atoms with Gasteiger partial charge in [0, 0.05) is 13.1 Å². The topological polar surface area (TPSA) is 55.0 Å². The largest absolute Gasteiger partial charge is 0.435 e. The van der Waals surface area contributed by atoms with E-state index in [1.807, 2.05) is 4.90 Å². The molecule has 1 fully saturated rings. The standard InChI is InChI=1S/C12H17F3N4/c1-8-4-5-19(7-9(8)6-16)11-3-2-10(17-18-11)12(13,14)15/h2-3,8-9H,4-7,16H2,1H3. The minimum Gasteiger partial charge on any atom is -0.355 e. The Morgan fingerprint density at radius 1 is 1.37 bits per heavy atom. The van der Waals surface area contributed by atoms with Crippen molar-refractivity contribution >= 4 is 5.82 Å². The van der Waals surface area contributed by atoms with Crippen molar-refractivity contribution in [3.63, 3.8) is 0 Å². The molecule has 1 aromatic rings. The average molecular weight is 274 g/mol. The number of nitrogens with zero attached hydrogens (tertiary/aromatic N) is 3. The van der Waals surface area contributed by atoms with Crippen LogP contribution in [0.3, 0.4) is 0 Å². The second-order valence-electron chi connectivity index (χ2n) is 4.98. The summed E-state index contributed by atoms with van der Waals surface area (Å²) >= 11 is 0. The van der Waals surface area contributed by atoms with Gasteiger partial charge in [0.15, 0.2) is 11.5 Å². The second kappa shape index (κ2) is 5.32. The first kappa shape index (κ1) is 14.0. The van der Waals surface area contributed by atoms with Gasteiger partial charge in [0.05, 0.1) is 0 Å². The summed E-state index contributed by atoms with van der Waals surface area (Å²) in [5.74, 6) is 1.36. The van der Waals surface area contributed by atoms with E-state index in [9.17, 15) is 13.2 Å². The van der Waals surface area contributed by atoms with Crippen LogP contribution in [0.2, 0.25) is 0 Å². The molecule has 2 N–H and O–H groups in total. The van der Waals surface area contributed by atoms with Crippen molar-refractivity contribution in [3.05, 3.63) is 17.8 Å². The molecule has 2 rings (SSSR count). The van der Waals surface area contributed by atoms with E-state index in [1.54, 1.807) is 0 Å². The highest BCUT2D eigenvalue weighted by Gasteiger charge is 2.33. The number of halogens is 3. The Kier molecular flexibility index (Phi) is 3.93. The smallest absolute Gasteiger partial charge is 0.355 e. The van der Waals surface area contributed by atoms with Crippen molar-refractivity contribution in [2.75, 3.05) is 24.5 Å². The fourth-order valence-electron chi connectivity index (χ4n) is 2.31. The first-order valence-corrected chi connectivity index (χ1v) is 6.27. The molecular formula is C12H17F3N4. The minimum absolute atomic E-state index is 0.345. The molecule has 1 saturated heterocycles. The van der Waals surface area contributed by atoms with Gasteiger partial charge in [-0.25, -0.2) is 0 Å². The number of piperidine rings is 1. The fourth-order valence-corrected chi connectivity index (χ4v) is 2.31. The number of hydrogen-bond donors (Lipinski definition) is 1. The summed E-state index contributed by atoms with van der Waals surface area (Å²) in [6, 6.07) is 2.34. The zero-order valence-electron chi connectivity index (χ0n) is 10.7. The molecule has 0 radical (unpaired) electrons. The predicted molar refractivity (Wildman–Crippen MR) is 65.6 cm³/mol. The second-order valence-corrected chi connectivity index (χ2v) is 4.98. The predicted octanol–water partition coefficient (Wildman–Crippen LogP) is 1.92. The molecule has 1 aliphatic rings. The SMILES string of the molecule is CC1CCN(c2ccc(C(F)(F)F)nn2)CC1CN. The van der Waals surface area contributed by atoms with Crippen LogP contribution in [0.1, 0.15) is 19.0 Å². The van der Waals surface area contributed by atoms with E-state index in [0.717, 1.165) is 25.6 Å². The highest BCUT2D eigenvalue weighted by Crippen LogP contribution is 2.29. The normalized spacial score (nSPS) is 24.6. The maximum absolute atomic E-state index is 12.4. The van der Waals surface area contributed by atoms with E-state index in [0.29, 0.717) is 24.2 Å². The maximum atomic E-state index is 12.4. The van der Waals surface area contributed by atoms with E-state index in [1.165, 1.54) is 6.07 Å². The van der Waals surface area contributed by atoms with Crippen molar-refractivity contribution < 1.29 is 13.2 Å². The van der Waals surface area contributed by atoms with Crippen LogP contribution in [-0.2, 0) is 6.18 Å². The number of aromatic nitrogens is 2. The molecule has 0 aliphatic carbocycles. The number of hydrogen-bond acceptors (Lipinski definition) is 4. The molecule has 1 aromatic heterocycles. The lowest BCUT2D eigenvalue weighted by atomic mass is 9.87. The summed E-state index contributed by atoms with van der Waals surface area (Å²) in [5, 5.41) is 6.92. The van der Waals surface area contributed by atoms with Crippen LogP contribution in [-0.4, -0.2) is 29.8 Å². The Bertz CT molecular complexity index is 418. The highest BCUT2D eigenvalue weighted by molar-refractivity contribution is 5.38. The van der Waals surface area contributed by atoms with Crippen LogP contribution < -0.4 is 10.6 Å². The highest BCUT2D eigenvalue weighted by atomic mass is 19.4. The zero-order chi connectivity index (χ0) is 14.0.